The molecule has 0 radical (unpaired) electrons. The Kier molecular flexibility index (Phi) is 4.02. The van der Waals surface area contributed by atoms with Crippen molar-refractivity contribution in [1.82, 2.24) is 4.90 Å². The lowest BCUT2D eigenvalue weighted by Crippen LogP contribution is -2.50. The number of hydrogen-bond acceptors (Lipinski definition) is 2. The van der Waals surface area contributed by atoms with Crippen molar-refractivity contribution in [3.05, 3.63) is 71.8 Å². The highest BCUT2D eigenvalue weighted by Crippen LogP contribution is 2.36. The van der Waals surface area contributed by atoms with Gasteiger partial charge in [-0.1, -0.05) is 60.7 Å². The maximum atomic E-state index is 11.0. The normalized spacial score (nSPS) is 18.4. The number of carbonyl (C=O) groups is 1. The minimum Gasteiger partial charge on any atom is -0.481 e. The lowest BCUT2D eigenvalue weighted by atomic mass is 9.89. The van der Waals surface area contributed by atoms with Crippen molar-refractivity contribution in [1.29, 1.82) is 0 Å². The first-order valence-corrected chi connectivity index (χ1v) is 7.33. The van der Waals surface area contributed by atoms with E-state index in [2.05, 4.69) is 29.2 Å². The Labute approximate surface area is 124 Å². The highest BCUT2D eigenvalue weighted by molar-refractivity contribution is 5.67. The second kappa shape index (κ2) is 6.10. The van der Waals surface area contributed by atoms with Gasteiger partial charge in [-0.05, 0) is 17.5 Å². The molecule has 1 saturated heterocycles. The lowest BCUT2D eigenvalue weighted by Gasteiger charge is -2.46. The number of likely N-dealkylation sites (tertiary alicyclic amines) is 1. The van der Waals surface area contributed by atoms with E-state index >= 15 is 0 Å². The summed E-state index contributed by atoms with van der Waals surface area (Å²) in [6.45, 7) is 0.951. The highest BCUT2D eigenvalue weighted by atomic mass is 16.4. The zero-order chi connectivity index (χ0) is 14.7. The van der Waals surface area contributed by atoms with Crippen LogP contribution in [0.1, 0.15) is 30.0 Å². The van der Waals surface area contributed by atoms with Gasteiger partial charge in [0.15, 0.2) is 0 Å². The fourth-order valence-electron chi connectivity index (χ4n) is 3.07. The third-order valence-electron chi connectivity index (χ3n) is 4.16. The van der Waals surface area contributed by atoms with Crippen LogP contribution in [0.4, 0.5) is 0 Å². The van der Waals surface area contributed by atoms with Gasteiger partial charge in [0, 0.05) is 12.6 Å². The third-order valence-corrected chi connectivity index (χ3v) is 4.16. The van der Waals surface area contributed by atoms with Gasteiger partial charge in [0.2, 0.25) is 0 Å². The van der Waals surface area contributed by atoms with E-state index < -0.39 is 5.97 Å². The van der Waals surface area contributed by atoms with Crippen LogP contribution in [-0.4, -0.2) is 28.6 Å². The van der Waals surface area contributed by atoms with Gasteiger partial charge in [-0.25, -0.2) is 0 Å². The van der Waals surface area contributed by atoms with Crippen molar-refractivity contribution >= 4 is 5.97 Å². The average Bonchev–Trinajstić information content (AvgIpc) is 2.50. The molecule has 1 fully saturated rings. The summed E-state index contributed by atoms with van der Waals surface area (Å²) in [5.41, 5.74) is 2.44. The second-order valence-corrected chi connectivity index (χ2v) is 5.50. The summed E-state index contributed by atoms with van der Waals surface area (Å²) < 4.78 is 0. The molecule has 1 N–H and O–H groups in total. The summed E-state index contributed by atoms with van der Waals surface area (Å²) in [4.78, 5) is 13.3. The molecule has 0 spiro atoms. The first-order chi connectivity index (χ1) is 10.3. The predicted octanol–water partition coefficient (Wildman–Crippen LogP) is 3.33. The lowest BCUT2D eigenvalue weighted by molar-refractivity contribution is -0.140. The number of carboxylic acids is 1. The van der Waals surface area contributed by atoms with Gasteiger partial charge in [0.25, 0.3) is 0 Å². The summed E-state index contributed by atoms with van der Waals surface area (Å²) in [7, 11) is 0. The predicted molar refractivity (Wildman–Crippen MR) is 82.1 cm³/mol. The number of rotatable bonds is 5. The van der Waals surface area contributed by atoms with E-state index in [1.807, 2.05) is 36.4 Å². The Balaban J connectivity index is 1.92. The molecule has 3 rings (SSSR count). The summed E-state index contributed by atoms with van der Waals surface area (Å²) in [6, 6.07) is 20.9. The Morgan fingerprint density at radius 3 is 1.95 bits per heavy atom. The molecule has 0 aliphatic carbocycles. The first kappa shape index (κ1) is 13.8. The van der Waals surface area contributed by atoms with Gasteiger partial charge in [-0.15, -0.1) is 0 Å². The van der Waals surface area contributed by atoms with Gasteiger partial charge in [-0.3, -0.25) is 9.69 Å². The molecule has 0 aromatic heterocycles. The fourth-order valence-corrected chi connectivity index (χ4v) is 3.07. The molecule has 108 valence electrons. The molecule has 2 aromatic rings. The van der Waals surface area contributed by atoms with Crippen LogP contribution in [-0.2, 0) is 4.79 Å². The Morgan fingerprint density at radius 2 is 1.57 bits per heavy atom. The molecule has 3 heteroatoms. The number of hydrogen-bond donors (Lipinski definition) is 1. The van der Waals surface area contributed by atoms with E-state index in [-0.39, 0.29) is 18.5 Å². The van der Waals surface area contributed by atoms with Crippen molar-refractivity contribution in [3.63, 3.8) is 0 Å². The minimum absolute atomic E-state index is 0.132. The molecule has 1 heterocycles. The molecule has 1 aliphatic heterocycles. The topological polar surface area (TPSA) is 40.5 Å². The van der Waals surface area contributed by atoms with E-state index in [1.54, 1.807) is 0 Å². The first-order valence-electron chi connectivity index (χ1n) is 7.33. The fraction of sp³-hybridized carbons (Fsp3) is 0.278. The molecule has 1 atom stereocenters. The number of carboxylic acid groups (broad SMARTS) is 1. The maximum Gasteiger partial charge on any atom is 0.304 e. The molecule has 2 aromatic carbocycles. The van der Waals surface area contributed by atoms with Crippen molar-refractivity contribution in [2.75, 3.05) is 6.54 Å². The van der Waals surface area contributed by atoms with Crippen molar-refractivity contribution in [2.45, 2.75) is 24.9 Å². The van der Waals surface area contributed by atoms with Crippen LogP contribution in [0, 0.1) is 0 Å². The Bertz CT molecular complexity index is 558. The summed E-state index contributed by atoms with van der Waals surface area (Å²) >= 11 is 0. The van der Waals surface area contributed by atoms with Crippen LogP contribution in [0.5, 0.6) is 0 Å². The molecule has 0 saturated carbocycles. The molecule has 0 bridgehead atoms. The van der Waals surface area contributed by atoms with Gasteiger partial charge in [0.05, 0.1) is 12.5 Å². The second-order valence-electron chi connectivity index (χ2n) is 5.50. The van der Waals surface area contributed by atoms with E-state index in [0.29, 0.717) is 0 Å². The zero-order valence-electron chi connectivity index (χ0n) is 11.9. The summed E-state index contributed by atoms with van der Waals surface area (Å²) in [6.07, 6.45) is 1.18. The largest absolute Gasteiger partial charge is 0.481 e. The molecule has 1 aliphatic rings. The van der Waals surface area contributed by atoms with Crippen molar-refractivity contribution < 1.29 is 9.90 Å². The number of nitrogens with zero attached hydrogens (tertiary/aromatic N) is 1. The van der Waals surface area contributed by atoms with Crippen molar-refractivity contribution in [2.24, 2.45) is 0 Å². The minimum atomic E-state index is -0.718. The van der Waals surface area contributed by atoms with E-state index in [9.17, 15) is 4.79 Å². The van der Waals surface area contributed by atoms with Gasteiger partial charge in [-0.2, -0.15) is 0 Å². The molecule has 1 unspecified atom stereocenters. The maximum absolute atomic E-state index is 11.0. The number of benzene rings is 2. The van der Waals surface area contributed by atoms with Crippen LogP contribution >= 0.6 is 0 Å². The van der Waals surface area contributed by atoms with E-state index in [0.717, 1.165) is 13.0 Å². The standard InChI is InChI=1S/C18H19NO2/c20-17(21)13-16-11-12-19(16)18(14-7-3-1-4-8-14)15-9-5-2-6-10-15/h1-10,16,18H,11-13H2,(H,20,21). The quantitative estimate of drug-likeness (QED) is 0.914. The molecular weight excluding hydrogens is 262 g/mol. The smallest absolute Gasteiger partial charge is 0.304 e. The monoisotopic (exact) mass is 281 g/mol. The average molecular weight is 281 g/mol. The molecule has 21 heavy (non-hydrogen) atoms. The molecular formula is C18H19NO2. The van der Waals surface area contributed by atoms with Crippen LogP contribution in [0.3, 0.4) is 0 Å². The number of aliphatic carboxylic acids is 1. The summed E-state index contributed by atoms with van der Waals surface area (Å²) in [5, 5.41) is 9.06. The van der Waals surface area contributed by atoms with E-state index in [1.165, 1.54) is 11.1 Å². The van der Waals surface area contributed by atoms with Crippen LogP contribution in [0.25, 0.3) is 0 Å². The van der Waals surface area contributed by atoms with Crippen LogP contribution in [0.2, 0.25) is 0 Å². The zero-order valence-corrected chi connectivity index (χ0v) is 11.9. The van der Waals surface area contributed by atoms with Crippen molar-refractivity contribution in [3.8, 4) is 0 Å². The Morgan fingerprint density at radius 1 is 1.05 bits per heavy atom. The van der Waals surface area contributed by atoms with Gasteiger partial charge < -0.3 is 5.11 Å². The van der Waals surface area contributed by atoms with E-state index in [4.69, 9.17) is 5.11 Å². The van der Waals surface area contributed by atoms with Gasteiger partial charge in [0.1, 0.15) is 0 Å². The SMILES string of the molecule is O=C(O)CC1CCN1C(c1ccccc1)c1ccccc1. The molecule has 0 amide bonds. The van der Waals surface area contributed by atoms with Crippen LogP contribution < -0.4 is 0 Å². The third kappa shape index (κ3) is 2.98. The van der Waals surface area contributed by atoms with Crippen LogP contribution in [0.15, 0.2) is 60.7 Å². The highest BCUT2D eigenvalue weighted by Gasteiger charge is 2.36. The van der Waals surface area contributed by atoms with Gasteiger partial charge >= 0.3 is 5.97 Å². The Hall–Kier alpha value is -2.13. The summed E-state index contributed by atoms with van der Waals surface area (Å²) in [5.74, 6) is -0.718. The molecule has 3 nitrogen and oxygen atoms in total.